The Balaban J connectivity index is 0. The van der Waals surface area contributed by atoms with Crippen molar-refractivity contribution in [2.24, 2.45) is 5.73 Å². The number of rotatable bonds is 0. The van der Waals surface area contributed by atoms with Crippen molar-refractivity contribution in [3.8, 4) is 0 Å². The minimum absolute atomic E-state index is 0. The molecule has 0 aromatic carbocycles. The zero-order valence-electron chi connectivity index (χ0n) is 7.88. The van der Waals surface area contributed by atoms with E-state index in [1.54, 1.807) is 4.90 Å². The molecule has 0 spiro atoms. The smallest absolute Gasteiger partial charge is 0.314 e. The number of urea groups is 1. The second kappa shape index (κ2) is 9.09. The molecular formula is C8H19IN2O. The highest BCUT2D eigenvalue weighted by Crippen LogP contribution is 2.05. The van der Waals surface area contributed by atoms with Crippen molar-refractivity contribution in [2.45, 2.75) is 33.1 Å². The summed E-state index contributed by atoms with van der Waals surface area (Å²) in [6.07, 6.45) is 3.48. The van der Waals surface area contributed by atoms with Crippen LogP contribution in [0.3, 0.4) is 0 Å². The van der Waals surface area contributed by atoms with Crippen LogP contribution in [0.15, 0.2) is 0 Å². The van der Waals surface area contributed by atoms with Crippen LogP contribution < -0.4 is 5.73 Å². The lowest BCUT2D eigenvalue weighted by Gasteiger charge is -2.09. The number of carbonyl (C=O) groups is 1. The maximum absolute atomic E-state index is 10.3. The van der Waals surface area contributed by atoms with Crippen molar-refractivity contribution in [3.63, 3.8) is 0 Å². The van der Waals surface area contributed by atoms with Gasteiger partial charge in [0.05, 0.1) is 0 Å². The lowest BCUT2D eigenvalue weighted by Crippen LogP contribution is -2.32. The lowest BCUT2D eigenvalue weighted by atomic mass is 10.4. The van der Waals surface area contributed by atoms with Crippen molar-refractivity contribution in [1.29, 1.82) is 0 Å². The largest absolute Gasteiger partial charge is 0.351 e. The molecule has 0 saturated carbocycles. The molecule has 0 bridgehead atoms. The molecule has 3 nitrogen and oxygen atoms in total. The van der Waals surface area contributed by atoms with Gasteiger partial charge >= 0.3 is 6.03 Å². The van der Waals surface area contributed by atoms with E-state index in [1.807, 2.05) is 0 Å². The molecule has 74 valence electrons. The minimum Gasteiger partial charge on any atom is -0.351 e. The summed E-state index contributed by atoms with van der Waals surface area (Å²) in [7, 11) is 0. The van der Waals surface area contributed by atoms with Crippen LogP contribution in [-0.2, 0) is 0 Å². The fourth-order valence-electron chi connectivity index (χ4n) is 0.938. The van der Waals surface area contributed by atoms with Gasteiger partial charge in [-0.25, -0.2) is 4.79 Å². The lowest BCUT2D eigenvalue weighted by molar-refractivity contribution is 0.218. The summed E-state index contributed by atoms with van der Waals surface area (Å²) in [6, 6.07) is -0.275. The summed E-state index contributed by atoms with van der Waals surface area (Å²) < 4.78 is 0. The van der Waals surface area contributed by atoms with Crippen LogP contribution in [0.5, 0.6) is 0 Å². The van der Waals surface area contributed by atoms with E-state index < -0.39 is 0 Å². The van der Waals surface area contributed by atoms with Crippen LogP contribution in [-0.4, -0.2) is 24.0 Å². The molecule has 0 radical (unpaired) electrons. The van der Waals surface area contributed by atoms with Gasteiger partial charge in [-0.2, -0.15) is 0 Å². The van der Waals surface area contributed by atoms with Gasteiger partial charge < -0.3 is 10.6 Å². The Bertz CT molecular complexity index is 114. The first-order chi connectivity index (χ1) is 5.22. The first-order valence-corrected chi connectivity index (χ1v) is 4.26. The van der Waals surface area contributed by atoms with Gasteiger partial charge in [-0.15, -0.1) is 24.0 Å². The highest BCUT2D eigenvalue weighted by atomic mass is 127. The van der Waals surface area contributed by atoms with Crippen molar-refractivity contribution in [2.75, 3.05) is 13.1 Å². The highest BCUT2D eigenvalue weighted by molar-refractivity contribution is 14.0. The Morgan fingerprint density at radius 1 is 1.33 bits per heavy atom. The Hall–Kier alpha value is 0. The molecule has 1 aliphatic rings. The van der Waals surface area contributed by atoms with Gasteiger partial charge in [0.1, 0.15) is 0 Å². The summed E-state index contributed by atoms with van der Waals surface area (Å²) in [6.45, 7) is 5.96. The second-order valence-corrected chi connectivity index (χ2v) is 2.74. The van der Waals surface area contributed by atoms with E-state index in [2.05, 4.69) is 13.8 Å². The number of nitrogens with two attached hydrogens (primary N) is 1. The third-order valence-electron chi connectivity index (χ3n) is 1.42. The molecule has 1 aliphatic heterocycles. The number of hydrogen-bond donors (Lipinski definition) is 1. The number of amides is 2. The molecule has 0 atom stereocenters. The summed E-state index contributed by atoms with van der Waals surface area (Å²) in [4.78, 5) is 12.0. The molecule has 2 N–H and O–H groups in total. The molecule has 1 saturated heterocycles. The number of carbonyl (C=O) groups excluding carboxylic acids is 1. The van der Waals surface area contributed by atoms with Crippen LogP contribution in [0.4, 0.5) is 4.79 Å². The summed E-state index contributed by atoms with van der Waals surface area (Å²) in [5, 5.41) is 0. The van der Waals surface area contributed by atoms with Gasteiger partial charge in [-0.1, -0.05) is 20.3 Å². The summed E-state index contributed by atoms with van der Waals surface area (Å²) >= 11 is 0. The molecule has 4 heteroatoms. The molecule has 0 aromatic heterocycles. The number of hydrogen-bond acceptors (Lipinski definition) is 1. The topological polar surface area (TPSA) is 46.3 Å². The van der Waals surface area contributed by atoms with E-state index in [0.29, 0.717) is 0 Å². The van der Waals surface area contributed by atoms with Crippen LogP contribution >= 0.6 is 24.0 Å². The van der Waals surface area contributed by atoms with E-state index in [4.69, 9.17) is 5.73 Å². The maximum atomic E-state index is 10.3. The number of likely N-dealkylation sites (tertiary alicyclic amines) is 1. The summed E-state index contributed by atoms with van der Waals surface area (Å²) in [5.41, 5.74) is 4.98. The molecule has 2 amide bonds. The summed E-state index contributed by atoms with van der Waals surface area (Å²) in [5.74, 6) is 0. The normalized spacial score (nSPS) is 14.3. The van der Waals surface area contributed by atoms with Gasteiger partial charge in [0.25, 0.3) is 0 Å². The number of primary amides is 1. The van der Waals surface area contributed by atoms with Crippen LogP contribution in [0.2, 0.25) is 0 Å². The van der Waals surface area contributed by atoms with Crippen LogP contribution in [0, 0.1) is 0 Å². The van der Waals surface area contributed by atoms with Gasteiger partial charge in [-0.05, 0) is 12.8 Å². The predicted octanol–water partition coefficient (Wildman–Crippen LogP) is 2.20. The fraction of sp³-hybridized carbons (Fsp3) is 0.875. The Kier molecular flexibility index (Phi) is 11.0. The van der Waals surface area contributed by atoms with Crippen molar-refractivity contribution >= 4 is 30.0 Å². The minimum atomic E-state index is -0.275. The molecule has 0 unspecified atom stereocenters. The fourth-order valence-corrected chi connectivity index (χ4v) is 0.938. The SMILES string of the molecule is CCC.I.NC(=O)N1CCCC1. The van der Waals surface area contributed by atoms with Gasteiger partial charge in [0.2, 0.25) is 0 Å². The number of halogens is 1. The molecule has 1 fully saturated rings. The van der Waals surface area contributed by atoms with Crippen molar-refractivity contribution < 1.29 is 4.79 Å². The van der Waals surface area contributed by atoms with Crippen LogP contribution in [0.1, 0.15) is 33.1 Å². The molecule has 1 rings (SSSR count). The van der Waals surface area contributed by atoms with Crippen molar-refractivity contribution in [3.05, 3.63) is 0 Å². The van der Waals surface area contributed by atoms with E-state index in [9.17, 15) is 4.79 Å². The third kappa shape index (κ3) is 6.69. The Morgan fingerprint density at radius 3 is 1.83 bits per heavy atom. The number of nitrogens with zero attached hydrogens (tertiary/aromatic N) is 1. The van der Waals surface area contributed by atoms with Gasteiger partial charge in [-0.3, -0.25) is 0 Å². The standard InChI is InChI=1S/C5H10N2O.C3H8.HI/c6-5(8)7-3-1-2-4-7;1-3-2;/h1-4H2,(H2,6,8);3H2,1-2H3;1H. The quantitative estimate of drug-likeness (QED) is 0.682. The van der Waals surface area contributed by atoms with Gasteiger partial charge in [0, 0.05) is 13.1 Å². The molecule has 12 heavy (non-hydrogen) atoms. The van der Waals surface area contributed by atoms with E-state index >= 15 is 0 Å². The average Bonchev–Trinajstić information content (AvgIpc) is 2.38. The molecule has 0 aliphatic carbocycles. The molecule has 1 heterocycles. The first-order valence-electron chi connectivity index (χ1n) is 4.26. The first kappa shape index (κ1) is 14.5. The maximum Gasteiger partial charge on any atom is 0.314 e. The Morgan fingerprint density at radius 2 is 1.67 bits per heavy atom. The van der Waals surface area contributed by atoms with E-state index in [1.165, 1.54) is 6.42 Å². The predicted molar refractivity (Wildman–Crippen MR) is 61.8 cm³/mol. The Labute approximate surface area is 91.7 Å². The van der Waals surface area contributed by atoms with Crippen molar-refractivity contribution in [1.82, 2.24) is 4.90 Å². The highest BCUT2D eigenvalue weighted by Gasteiger charge is 2.13. The zero-order chi connectivity index (χ0) is 8.69. The molecular weight excluding hydrogens is 267 g/mol. The third-order valence-corrected chi connectivity index (χ3v) is 1.42. The van der Waals surface area contributed by atoms with E-state index in [-0.39, 0.29) is 30.0 Å². The van der Waals surface area contributed by atoms with Gasteiger partial charge in [0.15, 0.2) is 0 Å². The van der Waals surface area contributed by atoms with E-state index in [0.717, 1.165) is 25.9 Å². The zero-order valence-corrected chi connectivity index (χ0v) is 10.2. The average molecular weight is 286 g/mol. The van der Waals surface area contributed by atoms with Crippen LogP contribution in [0.25, 0.3) is 0 Å². The monoisotopic (exact) mass is 286 g/mol. The second-order valence-electron chi connectivity index (χ2n) is 2.74. The molecule has 0 aromatic rings.